The lowest BCUT2D eigenvalue weighted by Crippen LogP contribution is -2.60. The van der Waals surface area contributed by atoms with Crippen LogP contribution in [-0.4, -0.2) is 55.3 Å². The first kappa shape index (κ1) is 10.8. The third-order valence-electron chi connectivity index (χ3n) is 2.82. The van der Waals surface area contributed by atoms with E-state index in [-0.39, 0.29) is 17.5 Å². The van der Waals surface area contributed by atoms with E-state index in [1.165, 1.54) is 0 Å². The summed E-state index contributed by atoms with van der Waals surface area (Å²) in [4.78, 5) is 10.8. The molecule has 2 fully saturated rings. The highest BCUT2D eigenvalue weighted by Crippen LogP contribution is 2.23. The third-order valence-corrected chi connectivity index (χ3v) is 4.52. The first-order chi connectivity index (χ1) is 6.89. The van der Waals surface area contributed by atoms with Gasteiger partial charge >= 0.3 is 5.97 Å². The lowest BCUT2D eigenvalue weighted by molar-refractivity contribution is -0.150. The molecule has 2 aliphatic rings. The zero-order chi connectivity index (χ0) is 11.2. The predicted octanol–water partition coefficient (Wildman–Crippen LogP) is -1.39. The number of hydrogen-bond acceptors (Lipinski definition) is 5. The average Bonchev–Trinajstić information content (AvgIpc) is 2.36. The van der Waals surface area contributed by atoms with Gasteiger partial charge in [0.15, 0.2) is 9.84 Å². The van der Waals surface area contributed by atoms with E-state index < -0.39 is 34.1 Å². The largest absolute Gasteiger partial charge is 0.480 e. The molecule has 0 aromatic carbocycles. The SMILES string of the molecule is CC1OC2CS(=O)(=O)CC2NC1C(=O)O. The smallest absolute Gasteiger partial charge is 0.323 e. The first-order valence-electron chi connectivity index (χ1n) is 4.74. The summed E-state index contributed by atoms with van der Waals surface area (Å²) >= 11 is 0. The van der Waals surface area contributed by atoms with Gasteiger partial charge in [0.2, 0.25) is 0 Å². The number of ether oxygens (including phenoxy) is 1. The summed E-state index contributed by atoms with van der Waals surface area (Å²) in [6.07, 6.45) is -0.905. The van der Waals surface area contributed by atoms with E-state index in [1.807, 2.05) is 0 Å². The van der Waals surface area contributed by atoms with Gasteiger partial charge in [-0.3, -0.25) is 10.1 Å². The highest BCUT2D eigenvalue weighted by Gasteiger charge is 2.46. The Bertz CT molecular complexity index is 378. The molecule has 0 aliphatic carbocycles. The number of fused-ring (bicyclic) bond motifs is 1. The molecule has 0 aromatic rings. The van der Waals surface area contributed by atoms with Crippen molar-refractivity contribution in [3.05, 3.63) is 0 Å². The number of hydrogen-bond donors (Lipinski definition) is 2. The molecule has 0 saturated carbocycles. The number of morpholine rings is 1. The van der Waals surface area contributed by atoms with Crippen LogP contribution >= 0.6 is 0 Å². The number of carbonyl (C=O) groups is 1. The van der Waals surface area contributed by atoms with E-state index >= 15 is 0 Å². The second-order valence-electron chi connectivity index (χ2n) is 4.05. The van der Waals surface area contributed by atoms with E-state index in [9.17, 15) is 13.2 Å². The topological polar surface area (TPSA) is 92.7 Å². The molecule has 6 nitrogen and oxygen atoms in total. The maximum atomic E-state index is 11.3. The minimum Gasteiger partial charge on any atom is -0.480 e. The van der Waals surface area contributed by atoms with Gasteiger partial charge in [0.1, 0.15) is 6.04 Å². The van der Waals surface area contributed by atoms with Gasteiger partial charge in [-0.2, -0.15) is 0 Å². The van der Waals surface area contributed by atoms with Crippen molar-refractivity contribution in [3.63, 3.8) is 0 Å². The molecule has 0 spiro atoms. The zero-order valence-electron chi connectivity index (χ0n) is 8.21. The molecule has 4 unspecified atom stereocenters. The van der Waals surface area contributed by atoms with Crippen LogP contribution in [-0.2, 0) is 19.4 Å². The Morgan fingerprint density at radius 1 is 1.47 bits per heavy atom. The maximum Gasteiger partial charge on any atom is 0.323 e. The average molecular weight is 235 g/mol. The van der Waals surface area contributed by atoms with Gasteiger partial charge in [0.05, 0.1) is 23.7 Å². The standard InChI is InChI=1S/C8H13NO5S/c1-4-7(8(10)11)9-5-2-15(12,13)3-6(5)14-4/h4-7,9H,2-3H2,1H3,(H,10,11). The highest BCUT2D eigenvalue weighted by molar-refractivity contribution is 7.91. The van der Waals surface area contributed by atoms with E-state index in [4.69, 9.17) is 9.84 Å². The molecule has 2 saturated heterocycles. The molecule has 2 rings (SSSR count). The molecule has 15 heavy (non-hydrogen) atoms. The summed E-state index contributed by atoms with van der Waals surface area (Å²) in [5.74, 6) is -1.06. The van der Waals surface area contributed by atoms with Crippen LogP contribution in [0.4, 0.5) is 0 Å². The van der Waals surface area contributed by atoms with Gasteiger partial charge < -0.3 is 9.84 Å². The number of rotatable bonds is 1. The molecule has 2 heterocycles. The van der Waals surface area contributed by atoms with Crippen LogP contribution in [0.15, 0.2) is 0 Å². The van der Waals surface area contributed by atoms with Crippen LogP contribution < -0.4 is 5.32 Å². The fourth-order valence-electron chi connectivity index (χ4n) is 2.10. The van der Waals surface area contributed by atoms with Crippen molar-refractivity contribution in [1.82, 2.24) is 5.32 Å². The van der Waals surface area contributed by atoms with Crippen molar-refractivity contribution in [3.8, 4) is 0 Å². The number of nitrogens with one attached hydrogen (secondary N) is 1. The van der Waals surface area contributed by atoms with Crippen molar-refractivity contribution in [2.45, 2.75) is 31.2 Å². The minimum atomic E-state index is -3.08. The van der Waals surface area contributed by atoms with Gasteiger partial charge in [-0.05, 0) is 6.92 Å². The Morgan fingerprint density at radius 2 is 2.13 bits per heavy atom. The molecular weight excluding hydrogens is 222 g/mol. The molecule has 7 heteroatoms. The Labute approximate surface area is 87.5 Å². The van der Waals surface area contributed by atoms with Crippen LogP contribution in [0.2, 0.25) is 0 Å². The maximum absolute atomic E-state index is 11.3. The summed E-state index contributed by atoms with van der Waals surface area (Å²) in [6, 6.07) is -1.20. The molecule has 2 N–H and O–H groups in total. The van der Waals surface area contributed by atoms with E-state index in [0.717, 1.165) is 0 Å². The molecule has 0 bridgehead atoms. The molecule has 4 atom stereocenters. The predicted molar refractivity (Wildman–Crippen MR) is 51.3 cm³/mol. The Hall–Kier alpha value is -0.660. The van der Waals surface area contributed by atoms with Gasteiger partial charge in [-0.1, -0.05) is 0 Å². The summed E-state index contributed by atoms with van der Waals surface area (Å²) in [6.45, 7) is 1.63. The quantitative estimate of drug-likeness (QED) is 0.581. The number of aliphatic carboxylic acids is 1. The summed E-state index contributed by atoms with van der Waals surface area (Å²) in [5, 5.41) is 11.7. The minimum absolute atomic E-state index is 0.0126. The second-order valence-corrected chi connectivity index (χ2v) is 6.20. The van der Waals surface area contributed by atoms with Crippen molar-refractivity contribution in [1.29, 1.82) is 0 Å². The Morgan fingerprint density at radius 3 is 2.73 bits per heavy atom. The zero-order valence-corrected chi connectivity index (χ0v) is 9.03. The van der Waals surface area contributed by atoms with Crippen molar-refractivity contribution < 1.29 is 23.1 Å². The van der Waals surface area contributed by atoms with Crippen LogP contribution in [0.25, 0.3) is 0 Å². The van der Waals surface area contributed by atoms with Crippen LogP contribution in [0.3, 0.4) is 0 Å². The number of sulfone groups is 1. The fourth-order valence-corrected chi connectivity index (χ4v) is 3.90. The van der Waals surface area contributed by atoms with Gasteiger partial charge in [-0.25, -0.2) is 8.42 Å². The first-order valence-corrected chi connectivity index (χ1v) is 6.56. The van der Waals surface area contributed by atoms with Crippen molar-refractivity contribution >= 4 is 15.8 Å². The molecular formula is C8H13NO5S. The fraction of sp³-hybridized carbons (Fsp3) is 0.875. The Balaban J connectivity index is 2.15. The van der Waals surface area contributed by atoms with Gasteiger partial charge in [0.25, 0.3) is 0 Å². The monoisotopic (exact) mass is 235 g/mol. The van der Waals surface area contributed by atoms with Crippen LogP contribution in [0.5, 0.6) is 0 Å². The van der Waals surface area contributed by atoms with Crippen LogP contribution in [0.1, 0.15) is 6.92 Å². The molecule has 86 valence electrons. The van der Waals surface area contributed by atoms with E-state index in [0.29, 0.717) is 0 Å². The van der Waals surface area contributed by atoms with Crippen molar-refractivity contribution in [2.75, 3.05) is 11.5 Å². The highest BCUT2D eigenvalue weighted by atomic mass is 32.2. The van der Waals surface area contributed by atoms with E-state index in [2.05, 4.69) is 5.32 Å². The normalized spacial score (nSPS) is 43.5. The van der Waals surface area contributed by atoms with Gasteiger partial charge in [-0.15, -0.1) is 0 Å². The number of carboxylic acids is 1. The van der Waals surface area contributed by atoms with Crippen molar-refractivity contribution in [2.24, 2.45) is 0 Å². The molecule has 0 amide bonds. The lowest BCUT2D eigenvalue weighted by Gasteiger charge is -2.35. The van der Waals surface area contributed by atoms with Gasteiger partial charge in [0, 0.05) is 6.04 Å². The second kappa shape index (κ2) is 3.43. The summed E-state index contributed by atoms with van der Waals surface area (Å²) in [7, 11) is -3.08. The molecule has 2 aliphatic heterocycles. The van der Waals surface area contributed by atoms with E-state index in [1.54, 1.807) is 6.92 Å². The lowest BCUT2D eigenvalue weighted by atomic mass is 10.1. The summed E-state index contributed by atoms with van der Waals surface area (Å²) < 4.78 is 28.0. The summed E-state index contributed by atoms with van der Waals surface area (Å²) in [5.41, 5.74) is 0. The molecule has 0 radical (unpaired) electrons. The molecule has 0 aromatic heterocycles. The van der Waals surface area contributed by atoms with Crippen LogP contribution in [0, 0.1) is 0 Å². The number of carboxylic acid groups (broad SMARTS) is 1. The third kappa shape index (κ3) is 1.99. The Kier molecular flexibility index (Phi) is 2.48.